The van der Waals surface area contributed by atoms with Gasteiger partial charge in [0.25, 0.3) is 5.91 Å². The molecule has 0 aliphatic rings. The Balaban J connectivity index is 1.79. The van der Waals surface area contributed by atoms with Crippen molar-refractivity contribution >= 4 is 22.5 Å². The quantitative estimate of drug-likeness (QED) is 0.286. The van der Waals surface area contributed by atoms with Crippen LogP contribution in [0.4, 0.5) is 18.9 Å². The van der Waals surface area contributed by atoms with Gasteiger partial charge in [-0.05, 0) is 71.3 Å². The smallest absolute Gasteiger partial charge is 0.413 e. The minimum atomic E-state index is -4.77. The molecule has 0 spiro atoms. The number of amides is 1. The highest BCUT2D eigenvalue weighted by atomic mass is 19.4. The van der Waals surface area contributed by atoms with E-state index < -0.39 is 18.1 Å². The van der Waals surface area contributed by atoms with E-state index in [1.165, 1.54) is 28.9 Å². The van der Waals surface area contributed by atoms with Gasteiger partial charge in [-0.3, -0.25) is 9.48 Å². The fourth-order valence-corrected chi connectivity index (χ4v) is 4.79. The first-order valence-electron chi connectivity index (χ1n) is 13.2. The third kappa shape index (κ3) is 6.27. The third-order valence-electron chi connectivity index (χ3n) is 7.00. The zero-order valence-corrected chi connectivity index (χ0v) is 23.9. The molecule has 41 heavy (non-hydrogen) atoms. The molecule has 2 N–H and O–H groups in total. The van der Waals surface area contributed by atoms with Crippen LogP contribution in [0.2, 0.25) is 0 Å². The number of anilines is 1. The summed E-state index contributed by atoms with van der Waals surface area (Å²) in [5, 5.41) is 17.8. The van der Waals surface area contributed by atoms with E-state index in [-0.39, 0.29) is 22.3 Å². The van der Waals surface area contributed by atoms with Gasteiger partial charge in [-0.25, -0.2) is 9.97 Å². The highest BCUT2D eigenvalue weighted by molar-refractivity contribution is 6.07. The van der Waals surface area contributed by atoms with Crippen molar-refractivity contribution in [2.75, 3.05) is 39.5 Å². The number of hydrogen-bond acceptors (Lipinski definition) is 7. The molecule has 1 aromatic carbocycles. The number of rotatable bonds is 9. The van der Waals surface area contributed by atoms with Gasteiger partial charge in [0.2, 0.25) is 0 Å². The number of aryl methyl sites for hydroxylation is 2. The Kier molecular flexibility index (Phi) is 8.52. The lowest BCUT2D eigenvalue weighted by Crippen LogP contribution is -2.40. The van der Waals surface area contributed by atoms with Crippen LogP contribution in [0.15, 0.2) is 42.6 Å². The van der Waals surface area contributed by atoms with Crippen LogP contribution in [0.5, 0.6) is 5.75 Å². The first kappa shape index (κ1) is 29.8. The Morgan fingerprint density at radius 3 is 2.41 bits per heavy atom. The molecule has 0 unspecified atom stereocenters. The van der Waals surface area contributed by atoms with Crippen molar-refractivity contribution in [3.8, 4) is 17.1 Å². The largest absolute Gasteiger partial charge is 0.508 e. The predicted octanol–water partition coefficient (Wildman–Crippen LogP) is 5.18. The number of benzene rings is 1. The summed E-state index contributed by atoms with van der Waals surface area (Å²) in [7, 11) is 5.08. The normalized spacial score (nSPS) is 12.6. The molecule has 0 aliphatic heterocycles. The van der Waals surface area contributed by atoms with Crippen LogP contribution >= 0.6 is 0 Å². The molecule has 0 bridgehead atoms. The molecule has 3 aromatic heterocycles. The number of phenolic OH excluding ortho intramolecular Hbond substituents is 1. The van der Waals surface area contributed by atoms with E-state index in [1.54, 1.807) is 19.9 Å². The standard InChI is InChI=1S/C29H34F3N7O2/c1-7-39-18(3)22(16-34-39)27(29(30,31)32)38(6)28(41)21-15-26(36-24-9-8-19(40)14-20(21)24)25-11-10-23(17(2)35-25)33-12-13-37(4)5/h8-11,14-16,27,33,40H,7,12-13H2,1-6H3/t27-/m1/s1. The number of aromatic nitrogens is 4. The fraction of sp³-hybridized carbons (Fsp3) is 0.379. The SMILES string of the molecule is CCn1ncc([C@@H](N(C)C(=O)c2cc(-c3ccc(NCCN(C)C)c(C)n3)nc3ccc(O)cc23)C(F)(F)F)c1C. The molecule has 0 fully saturated rings. The molecular formula is C29H34F3N7O2. The van der Waals surface area contributed by atoms with Crippen LogP contribution in [-0.2, 0) is 6.54 Å². The van der Waals surface area contributed by atoms with Crippen LogP contribution < -0.4 is 5.32 Å². The second-order valence-electron chi connectivity index (χ2n) is 10.2. The minimum absolute atomic E-state index is 0.0363. The summed E-state index contributed by atoms with van der Waals surface area (Å²) in [4.78, 5) is 25.8. The molecular weight excluding hydrogens is 535 g/mol. The number of likely N-dealkylation sites (N-methyl/N-ethyl adjacent to an activating group) is 1. The van der Waals surface area contributed by atoms with Crippen molar-refractivity contribution < 1.29 is 23.1 Å². The van der Waals surface area contributed by atoms with Gasteiger partial charge in [0.15, 0.2) is 6.04 Å². The van der Waals surface area contributed by atoms with E-state index >= 15 is 0 Å². The number of halogens is 3. The molecule has 12 heteroatoms. The molecule has 3 heterocycles. The number of nitrogens with zero attached hydrogens (tertiary/aromatic N) is 6. The molecule has 0 saturated heterocycles. The molecule has 218 valence electrons. The van der Waals surface area contributed by atoms with Crippen LogP contribution in [-0.4, -0.2) is 81.0 Å². The molecule has 1 atom stereocenters. The van der Waals surface area contributed by atoms with Gasteiger partial charge in [0.05, 0.1) is 40.0 Å². The number of alkyl halides is 3. The first-order chi connectivity index (χ1) is 19.3. The summed E-state index contributed by atoms with van der Waals surface area (Å²) in [5.74, 6) is -1.02. The van der Waals surface area contributed by atoms with E-state index in [2.05, 4.69) is 25.3 Å². The lowest BCUT2D eigenvalue weighted by molar-refractivity contribution is -0.176. The van der Waals surface area contributed by atoms with Gasteiger partial charge in [-0.15, -0.1) is 0 Å². The highest BCUT2D eigenvalue weighted by Gasteiger charge is 2.47. The van der Waals surface area contributed by atoms with Crippen molar-refractivity contribution in [3.05, 3.63) is 65.1 Å². The lowest BCUT2D eigenvalue weighted by atomic mass is 10.0. The summed E-state index contributed by atoms with van der Waals surface area (Å²) in [6, 6.07) is 7.06. The highest BCUT2D eigenvalue weighted by Crippen LogP contribution is 2.40. The summed E-state index contributed by atoms with van der Waals surface area (Å²) in [6.45, 7) is 7.11. The van der Waals surface area contributed by atoms with Crippen molar-refractivity contribution in [2.24, 2.45) is 0 Å². The lowest BCUT2D eigenvalue weighted by Gasteiger charge is -2.30. The average molecular weight is 570 g/mol. The summed E-state index contributed by atoms with van der Waals surface area (Å²) < 4.78 is 44.8. The Morgan fingerprint density at radius 1 is 1.07 bits per heavy atom. The zero-order chi connectivity index (χ0) is 30.1. The number of nitrogens with one attached hydrogen (secondary N) is 1. The first-order valence-corrected chi connectivity index (χ1v) is 13.2. The Hall–Kier alpha value is -4.19. The number of carbonyl (C=O) groups excluding carboxylic acids is 1. The molecule has 4 rings (SSSR count). The van der Waals surface area contributed by atoms with Gasteiger partial charge in [-0.2, -0.15) is 18.3 Å². The van der Waals surface area contributed by atoms with E-state index in [4.69, 9.17) is 0 Å². The maximum Gasteiger partial charge on any atom is 0.413 e. The minimum Gasteiger partial charge on any atom is -0.508 e. The Labute approximate surface area is 236 Å². The third-order valence-corrected chi connectivity index (χ3v) is 7.00. The number of hydrogen-bond donors (Lipinski definition) is 2. The predicted molar refractivity (Wildman–Crippen MR) is 152 cm³/mol. The van der Waals surface area contributed by atoms with Crippen molar-refractivity contribution in [1.82, 2.24) is 29.5 Å². The molecule has 9 nitrogen and oxygen atoms in total. The zero-order valence-electron chi connectivity index (χ0n) is 23.9. The number of fused-ring (bicyclic) bond motifs is 1. The average Bonchev–Trinajstić information content (AvgIpc) is 3.27. The molecule has 0 radical (unpaired) electrons. The fourth-order valence-electron chi connectivity index (χ4n) is 4.79. The summed E-state index contributed by atoms with van der Waals surface area (Å²) in [6.07, 6.45) is -3.61. The summed E-state index contributed by atoms with van der Waals surface area (Å²) in [5.41, 5.74) is 2.85. The Morgan fingerprint density at radius 2 is 1.80 bits per heavy atom. The molecule has 0 saturated carbocycles. The number of aromatic hydroxyl groups is 1. The van der Waals surface area contributed by atoms with E-state index in [1.807, 2.05) is 27.1 Å². The van der Waals surface area contributed by atoms with Gasteiger partial charge in [0, 0.05) is 43.3 Å². The molecule has 4 aromatic rings. The number of carbonyl (C=O) groups is 1. The van der Waals surface area contributed by atoms with Gasteiger partial charge in [0.1, 0.15) is 5.75 Å². The van der Waals surface area contributed by atoms with Crippen LogP contribution in [0.25, 0.3) is 22.3 Å². The van der Waals surface area contributed by atoms with Gasteiger partial charge < -0.3 is 20.2 Å². The van der Waals surface area contributed by atoms with E-state index in [0.29, 0.717) is 46.3 Å². The van der Waals surface area contributed by atoms with Crippen molar-refractivity contribution in [2.45, 2.75) is 39.5 Å². The molecule has 0 aliphatic carbocycles. The maximum absolute atomic E-state index is 14.5. The van der Waals surface area contributed by atoms with E-state index in [9.17, 15) is 23.1 Å². The van der Waals surface area contributed by atoms with Crippen molar-refractivity contribution in [1.29, 1.82) is 0 Å². The second kappa shape index (κ2) is 11.7. The van der Waals surface area contributed by atoms with Crippen LogP contribution in [0.1, 0.15) is 40.3 Å². The Bertz CT molecular complexity index is 1570. The van der Waals surface area contributed by atoms with Crippen LogP contribution in [0, 0.1) is 13.8 Å². The number of pyridine rings is 2. The second-order valence-corrected chi connectivity index (χ2v) is 10.2. The topological polar surface area (TPSA) is 99.4 Å². The monoisotopic (exact) mass is 569 g/mol. The van der Waals surface area contributed by atoms with Crippen molar-refractivity contribution in [3.63, 3.8) is 0 Å². The molecule has 1 amide bonds. The summed E-state index contributed by atoms with van der Waals surface area (Å²) >= 11 is 0. The number of phenols is 1. The van der Waals surface area contributed by atoms with E-state index in [0.717, 1.165) is 25.5 Å². The maximum atomic E-state index is 14.5. The van der Waals surface area contributed by atoms with Gasteiger partial charge >= 0.3 is 6.18 Å². The van der Waals surface area contributed by atoms with Gasteiger partial charge in [-0.1, -0.05) is 0 Å². The van der Waals surface area contributed by atoms with Crippen LogP contribution in [0.3, 0.4) is 0 Å².